The number of hydrogen-bond donors (Lipinski definition) is 1. The molecule has 0 bridgehead atoms. The van der Waals surface area contributed by atoms with Crippen molar-refractivity contribution in [1.29, 1.82) is 5.26 Å². The third-order valence-corrected chi connectivity index (χ3v) is 4.80. The quantitative estimate of drug-likeness (QED) is 0.355. The Morgan fingerprint density at radius 1 is 1.33 bits per heavy atom. The molecule has 1 heterocycles. The topological polar surface area (TPSA) is 93.3 Å². The van der Waals surface area contributed by atoms with Gasteiger partial charge in [-0.1, -0.05) is 15.9 Å². The molecule has 1 aromatic heterocycles. The number of nitrogens with zero attached hydrogens (tertiary/aromatic N) is 2. The summed E-state index contributed by atoms with van der Waals surface area (Å²) in [6.07, 6.45) is 1.42. The Morgan fingerprint density at radius 3 is 2.70 bits per heavy atom. The normalized spacial score (nSPS) is 11.1. The van der Waals surface area contributed by atoms with Crippen LogP contribution in [-0.4, -0.2) is 36.8 Å². The third-order valence-electron chi connectivity index (χ3n) is 4.31. The largest absolute Gasteiger partial charge is 0.451 e. The van der Waals surface area contributed by atoms with Crippen LogP contribution in [0.5, 0.6) is 0 Å². The number of halogens is 2. The minimum Gasteiger partial charge on any atom is -0.451 e. The molecule has 0 aliphatic carbocycles. The molecule has 0 aliphatic rings. The van der Waals surface area contributed by atoms with Gasteiger partial charge in [-0.05, 0) is 49.8 Å². The van der Waals surface area contributed by atoms with E-state index in [0.717, 1.165) is 11.4 Å². The van der Waals surface area contributed by atoms with Gasteiger partial charge < -0.3 is 19.4 Å². The number of hydrogen-bond acceptors (Lipinski definition) is 5. The lowest BCUT2D eigenvalue weighted by Gasteiger charge is -2.08. The summed E-state index contributed by atoms with van der Waals surface area (Å²) in [5.41, 5.74) is 2.23. The lowest BCUT2D eigenvalue weighted by molar-refractivity contribution is -0.142. The zero-order valence-electron chi connectivity index (χ0n) is 16.8. The van der Waals surface area contributed by atoms with Crippen molar-refractivity contribution in [3.63, 3.8) is 0 Å². The number of benzene rings is 1. The summed E-state index contributed by atoms with van der Waals surface area (Å²) in [6.45, 7) is 4.30. The molecule has 9 heteroatoms. The molecular formula is C21H21BrFN3O4. The Labute approximate surface area is 182 Å². The van der Waals surface area contributed by atoms with Gasteiger partial charge in [0.1, 0.15) is 17.5 Å². The summed E-state index contributed by atoms with van der Waals surface area (Å²) in [7, 11) is 1.61. The summed E-state index contributed by atoms with van der Waals surface area (Å²) in [5, 5.41) is 11.6. The highest BCUT2D eigenvalue weighted by Gasteiger charge is 2.16. The fourth-order valence-corrected chi connectivity index (χ4v) is 3.11. The number of ether oxygens (including phenoxy) is 2. The first-order chi connectivity index (χ1) is 14.3. The van der Waals surface area contributed by atoms with Crippen LogP contribution < -0.4 is 5.32 Å². The Kier molecular flexibility index (Phi) is 8.33. The third kappa shape index (κ3) is 6.02. The first kappa shape index (κ1) is 23.3. The van der Waals surface area contributed by atoms with E-state index >= 15 is 0 Å². The number of nitrogens with one attached hydrogen (secondary N) is 1. The van der Waals surface area contributed by atoms with Gasteiger partial charge in [0.25, 0.3) is 5.91 Å². The summed E-state index contributed by atoms with van der Waals surface area (Å²) in [5.74, 6) is -2.30. The van der Waals surface area contributed by atoms with Crippen molar-refractivity contribution >= 4 is 39.6 Å². The van der Waals surface area contributed by atoms with Gasteiger partial charge in [-0.25, -0.2) is 9.18 Å². The number of aromatic nitrogens is 1. The van der Waals surface area contributed by atoms with E-state index in [9.17, 15) is 19.2 Å². The summed E-state index contributed by atoms with van der Waals surface area (Å²) < 4.78 is 26.3. The monoisotopic (exact) mass is 477 g/mol. The molecule has 1 N–H and O–H groups in total. The highest BCUT2D eigenvalue weighted by Crippen LogP contribution is 2.20. The molecule has 0 saturated carbocycles. The summed E-state index contributed by atoms with van der Waals surface area (Å²) >= 11 is 3.12. The van der Waals surface area contributed by atoms with E-state index in [-0.39, 0.29) is 11.3 Å². The summed E-state index contributed by atoms with van der Waals surface area (Å²) in [6, 6.07) is 7.77. The molecule has 0 spiro atoms. The van der Waals surface area contributed by atoms with Crippen LogP contribution in [0.3, 0.4) is 0 Å². The first-order valence-electron chi connectivity index (χ1n) is 8.96. The average Bonchev–Trinajstić information content (AvgIpc) is 2.97. The number of anilines is 1. The number of amides is 1. The Bertz CT molecular complexity index is 1020. The minimum atomic E-state index is -0.939. The molecule has 2 aromatic rings. The van der Waals surface area contributed by atoms with Crippen LogP contribution in [0.25, 0.3) is 6.08 Å². The van der Waals surface area contributed by atoms with Crippen LogP contribution in [0.1, 0.15) is 17.0 Å². The number of rotatable bonds is 8. The van der Waals surface area contributed by atoms with Crippen LogP contribution in [0.2, 0.25) is 0 Å². The molecule has 158 valence electrons. The molecule has 1 amide bonds. The van der Waals surface area contributed by atoms with Crippen molar-refractivity contribution in [1.82, 2.24) is 4.57 Å². The van der Waals surface area contributed by atoms with Crippen LogP contribution in [0.4, 0.5) is 10.1 Å². The van der Waals surface area contributed by atoms with Crippen LogP contribution >= 0.6 is 15.9 Å². The fourth-order valence-electron chi connectivity index (χ4n) is 2.78. The first-order valence-corrected chi connectivity index (χ1v) is 9.75. The van der Waals surface area contributed by atoms with Crippen LogP contribution in [0, 0.1) is 31.0 Å². The number of aryl methyl sites for hydroxylation is 1. The molecule has 1 aromatic carbocycles. The Morgan fingerprint density at radius 2 is 2.07 bits per heavy atom. The van der Waals surface area contributed by atoms with E-state index in [0.29, 0.717) is 23.2 Å². The second-order valence-corrected chi connectivity index (χ2v) is 7.30. The molecule has 0 atom stereocenters. The van der Waals surface area contributed by atoms with Gasteiger partial charge in [-0.2, -0.15) is 5.26 Å². The number of methoxy groups -OCH3 is 1. The van der Waals surface area contributed by atoms with Crippen molar-refractivity contribution in [2.45, 2.75) is 20.4 Å². The SMILES string of the molecule is COCCn1c(C)cc(/C=C(\C#N)C(=O)OCC(=O)Nc2ccc(Br)cc2F)c1C. The van der Waals surface area contributed by atoms with E-state index in [2.05, 4.69) is 21.2 Å². The number of esters is 1. The highest BCUT2D eigenvalue weighted by molar-refractivity contribution is 9.10. The lowest BCUT2D eigenvalue weighted by atomic mass is 10.1. The molecule has 0 saturated heterocycles. The smallest absolute Gasteiger partial charge is 0.349 e. The standard InChI is InChI=1S/C21H21BrFN3O4/c1-13-8-15(14(2)26(13)6-7-29-3)9-16(11-24)21(28)30-12-20(27)25-19-5-4-17(22)10-18(19)23/h4-5,8-10H,6-7,12H2,1-3H3,(H,25,27)/b16-9+. The van der Waals surface area contributed by atoms with Gasteiger partial charge in [0.2, 0.25) is 0 Å². The summed E-state index contributed by atoms with van der Waals surface area (Å²) in [4.78, 5) is 24.2. The second-order valence-electron chi connectivity index (χ2n) is 6.39. The zero-order chi connectivity index (χ0) is 22.3. The molecular weight excluding hydrogens is 457 g/mol. The molecule has 7 nitrogen and oxygen atoms in total. The second kappa shape index (κ2) is 10.7. The Balaban J connectivity index is 2.04. The molecule has 2 rings (SSSR count). The van der Waals surface area contributed by atoms with Crippen molar-refractivity contribution in [2.75, 3.05) is 25.6 Å². The van der Waals surface area contributed by atoms with Crippen molar-refractivity contribution in [3.8, 4) is 6.07 Å². The zero-order valence-corrected chi connectivity index (χ0v) is 18.4. The predicted octanol–water partition coefficient (Wildman–Crippen LogP) is 3.74. The van der Waals surface area contributed by atoms with Crippen molar-refractivity contribution in [2.24, 2.45) is 0 Å². The van der Waals surface area contributed by atoms with Gasteiger partial charge >= 0.3 is 5.97 Å². The van der Waals surface area contributed by atoms with Gasteiger partial charge in [0.15, 0.2) is 6.61 Å². The maximum absolute atomic E-state index is 13.8. The van der Waals surface area contributed by atoms with E-state index in [4.69, 9.17) is 9.47 Å². The molecule has 0 unspecified atom stereocenters. The average molecular weight is 478 g/mol. The maximum Gasteiger partial charge on any atom is 0.349 e. The molecule has 0 fully saturated rings. The van der Waals surface area contributed by atoms with E-state index in [1.807, 2.05) is 24.5 Å². The van der Waals surface area contributed by atoms with Crippen molar-refractivity contribution in [3.05, 3.63) is 57.1 Å². The minimum absolute atomic E-state index is 0.0428. The fraction of sp³-hybridized carbons (Fsp3) is 0.286. The van der Waals surface area contributed by atoms with E-state index in [1.165, 1.54) is 18.2 Å². The lowest BCUT2D eigenvalue weighted by Crippen LogP contribution is -2.21. The van der Waals surface area contributed by atoms with Crippen LogP contribution in [-0.2, 0) is 25.6 Å². The molecule has 0 aliphatic heterocycles. The van der Waals surface area contributed by atoms with E-state index in [1.54, 1.807) is 19.2 Å². The molecule has 30 heavy (non-hydrogen) atoms. The number of carbonyl (C=O) groups is 2. The maximum atomic E-state index is 13.8. The number of carbonyl (C=O) groups excluding carboxylic acids is 2. The predicted molar refractivity (Wildman–Crippen MR) is 113 cm³/mol. The van der Waals surface area contributed by atoms with Crippen LogP contribution in [0.15, 0.2) is 34.3 Å². The van der Waals surface area contributed by atoms with Gasteiger partial charge in [0.05, 0.1) is 12.3 Å². The van der Waals surface area contributed by atoms with Gasteiger partial charge in [-0.3, -0.25) is 4.79 Å². The van der Waals surface area contributed by atoms with Gasteiger partial charge in [0, 0.05) is 29.5 Å². The highest BCUT2D eigenvalue weighted by atomic mass is 79.9. The van der Waals surface area contributed by atoms with E-state index < -0.39 is 24.3 Å². The Hall–Kier alpha value is -2.96. The number of nitriles is 1. The molecule has 0 radical (unpaired) electrons. The van der Waals surface area contributed by atoms with Gasteiger partial charge in [-0.15, -0.1) is 0 Å². The van der Waals surface area contributed by atoms with Crippen molar-refractivity contribution < 1.29 is 23.5 Å².